The van der Waals surface area contributed by atoms with Crippen LogP contribution < -0.4 is 10.6 Å². The van der Waals surface area contributed by atoms with Gasteiger partial charge in [-0.1, -0.05) is 6.07 Å². The molecule has 1 heterocycles. The van der Waals surface area contributed by atoms with E-state index in [4.69, 9.17) is 4.74 Å². The molecule has 21 heavy (non-hydrogen) atoms. The number of anilines is 1. The number of amides is 1. The van der Waals surface area contributed by atoms with Crippen LogP contribution in [0, 0.1) is 5.82 Å². The van der Waals surface area contributed by atoms with Gasteiger partial charge < -0.3 is 15.4 Å². The van der Waals surface area contributed by atoms with Crippen LogP contribution in [0.25, 0.3) is 0 Å². The van der Waals surface area contributed by atoms with Crippen LogP contribution in [0.15, 0.2) is 24.3 Å². The molecule has 1 fully saturated rings. The van der Waals surface area contributed by atoms with Crippen molar-refractivity contribution in [3.8, 4) is 0 Å². The lowest BCUT2D eigenvalue weighted by Gasteiger charge is -2.26. The minimum atomic E-state index is -0.282. The topological polar surface area (TPSA) is 53.6 Å². The molecule has 116 valence electrons. The van der Waals surface area contributed by atoms with Crippen LogP contribution in [0.4, 0.5) is 10.1 Å². The number of benzene rings is 1. The molecule has 0 spiro atoms. The summed E-state index contributed by atoms with van der Waals surface area (Å²) >= 11 is 0. The third kappa shape index (κ3) is 6.10. The Bertz CT molecular complexity index is 450. The van der Waals surface area contributed by atoms with Crippen molar-refractivity contribution in [2.24, 2.45) is 0 Å². The Kier molecular flexibility index (Phi) is 6.43. The monoisotopic (exact) mass is 295 g/mol. The second-order valence-electron chi connectivity index (χ2n) is 4.99. The maximum Gasteiger partial charge on any atom is 0.221 e. The van der Waals surface area contributed by atoms with Crippen molar-refractivity contribution in [1.82, 2.24) is 10.2 Å². The van der Waals surface area contributed by atoms with Crippen molar-refractivity contribution in [2.75, 3.05) is 51.3 Å². The Morgan fingerprint density at radius 2 is 2.10 bits per heavy atom. The molecular weight excluding hydrogens is 273 g/mol. The first-order valence-corrected chi connectivity index (χ1v) is 7.30. The third-order valence-corrected chi connectivity index (χ3v) is 3.36. The molecule has 0 aliphatic carbocycles. The van der Waals surface area contributed by atoms with E-state index in [1.807, 2.05) is 0 Å². The van der Waals surface area contributed by atoms with Crippen LogP contribution in [-0.2, 0) is 9.53 Å². The number of nitrogens with zero attached hydrogens (tertiary/aromatic N) is 1. The van der Waals surface area contributed by atoms with E-state index >= 15 is 0 Å². The Morgan fingerprint density at radius 1 is 1.29 bits per heavy atom. The minimum absolute atomic E-state index is 0.00663. The first kappa shape index (κ1) is 15.7. The summed E-state index contributed by atoms with van der Waals surface area (Å²) in [5, 5.41) is 5.92. The van der Waals surface area contributed by atoms with Crippen LogP contribution in [0.1, 0.15) is 6.42 Å². The molecule has 0 radical (unpaired) electrons. The van der Waals surface area contributed by atoms with Gasteiger partial charge in [0.25, 0.3) is 0 Å². The van der Waals surface area contributed by atoms with Gasteiger partial charge in [0.05, 0.1) is 13.2 Å². The van der Waals surface area contributed by atoms with Gasteiger partial charge in [0.15, 0.2) is 0 Å². The van der Waals surface area contributed by atoms with Crippen molar-refractivity contribution in [1.29, 1.82) is 0 Å². The zero-order valence-electron chi connectivity index (χ0n) is 12.1. The molecular formula is C15H22FN3O2. The van der Waals surface area contributed by atoms with Gasteiger partial charge in [-0.05, 0) is 18.2 Å². The number of rotatable bonds is 7. The van der Waals surface area contributed by atoms with Crippen molar-refractivity contribution >= 4 is 11.6 Å². The first-order valence-electron chi connectivity index (χ1n) is 7.30. The zero-order valence-corrected chi connectivity index (χ0v) is 12.1. The van der Waals surface area contributed by atoms with E-state index in [1.54, 1.807) is 12.1 Å². The maximum atomic E-state index is 13.0. The van der Waals surface area contributed by atoms with Gasteiger partial charge in [-0.2, -0.15) is 0 Å². The van der Waals surface area contributed by atoms with E-state index in [2.05, 4.69) is 15.5 Å². The average molecular weight is 295 g/mol. The van der Waals surface area contributed by atoms with E-state index in [9.17, 15) is 9.18 Å². The van der Waals surface area contributed by atoms with Crippen molar-refractivity contribution in [2.45, 2.75) is 6.42 Å². The van der Waals surface area contributed by atoms with Gasteiger partial charge in [0.2, 0.25) is 5.91 Å². The maximum absolute atomic E-state index is 13.0. The number of carbonyl (C=O) groups excluding carboxylic acids is 1. The number of hydrogen-bond donors (Lipinski definition) is 2. The number of hydrogen-bond acceptors (Lipinski definition) is 4. The van der Waals surface area contributed by atoms with Crippen LogP contribution in [0.3, 0.4) is 0 Å². The molecule has 0 bridgehead atoms. The molecule has 1 aliphatic heterocycles. The summed E-state index contributed by atoms with van der Waals surface area (Å²) in [5.41, 5.74) is 0.691. The van der Waals surface area contributed by atoms with Gasteiger partial charge in [0, 0.05) is 44.8 Å². The van der Waals surface area contributed by atoms with Gasteiger partial charge in [-0.3, -0.25) is 9.69 Å². The van der Waals surface area contributed by atoms with Crippen molar-refractivity contribution < 1.29 is 13.9 Å². The lowest BCUT2D eigenvalue weighted by Crippen LogP contribution is -2.41. The van der Waals surface area contributed by atoms with E-state index < -0.39 is 0 Å². The Balaban J connectivity index is 1.55. The quantitative estimate of drug-likeness (QED) is 0.790. The molecule has 1 aromatic rings. The van der Waals surface area contributed by atoms with E-state index in [0.717, 1.165) is 32.8 Å². The third-order valence-electron chi connectivity index (χ3n) is 3.36. The van der Waals surface area contributed by atoms with Gasteiger partial charge in [-0.25, -0.2) is 4.39 Å². The average Bonchev–Trinajstić information content (AvgIpc) is 2.48. The first-order chi connectivity index (χ1) is 10.2. The number of halogens is 1. The Hall–Kier alpha value is -1.66. The fourth-order valence-electron chi connectivity index (χ4n) is 2.19. The van der Waals surface area contributed by atoms with Gasteiger partial charge in [-0.15, -0.1) is 0 Å². The molecule has 1 saturated heterocycles. The van der Waals surface area contributed by atoms with Crippen molar-refractivity contribution in [3.63, 3.8) is 0 Å². The van der Waals surface area contributed by atoms with Crippen LogP contribution in [-0.4, -0.2) is 56.7 Å². The summed E-state index contributed by atoms with van der Waals surface area (Å²) < 4.78 is 18.2. The zero-order chi connectivity index (χ0) is 14.9. The van der Waals surface area contributed by atoms with E-state index in [-0.39, 0.29) is 11.7 Å². The molecule has 0 unspecified atom stereocenters. The largest absolute Gasteiger partial charge is 0.384 e. The molecule has 6 heteroatoms. The predicted molar refractivity (Wildman–Crippen MR) is 79.8 cm³/mol. The normalized spacial score (nSPS) is 15.7. The number of nitrogens with one attached hydrogen (secondary N) is 2. The van der Waals surface area contributed by atoms with Crippen LogP contribution >= 0.6 is 0 Å². The fraction of sp³-hybridized carbons (Fsp3) is 0.533. The van der Waals surface area contributed by atoms with E-state index in [0.29, 0.717) is 25.2 Å². The second kappa shape index (κ2) is 8.59. The smallest absolute Gasteiger partial charge is 0.221 e. The highest BCUT2D eigenvalue weighted by molar-refractivity contribution is 5.76. The molecule has 1 aliphatic rings. The van der Waals surface area contributed by atoms with Gasteiger partial charge >= 0.3 is 0 Å². The molecule has 1 amide bonds. The molecule has 2 N–H and O–H groups in total. The molecule has 1 aromatic carbocycles. The summed E-state index contributed by atoms with van der Waals surface area (Å²) in [4.78, 5) is 13.9. The molecule has 5 nitrogen and oxygen atoms in total. The molecule has 0 atom stereocenters. The number of carbonyl (C=O) groups is 1. The molecule has 2 rings (SSSR count). The summed E-state index contributed by atoms with van der Waals surface area (Å²) in [5.74, 6) is -0.276. The molecule has 0 saturated carbocycles. The SMILES string of the molecule is O=C(CCNc1cccc(F)c1)NCCN1CCOCC1. The van der Waals surface area contributed by atoms with Crippen molar-refractivity contribution in [3.05, 3.63) is 30.1 Å². The fourth-order valence-corrected chi connectivity index (χ4v) is 2.19. The van der Waals surface area contributed by atoms with Gasteiger partial charge in [0.1, 0.15) is 5.82 Å². The van der Waals surface area contributed by atoms with Crippen LogP contribution in [0.2, 0.25) is 0 Å². The summed E-state index contributed by atoms with van der Waals surface area (Å²) in [6, 6.07) is 6.22. The highest BCUT2D eigenvalue weighted by Gasteiger charge is 2.09. The lowest BCUT2D eigenvalue weighted by atomic mass is 10.3. The Labute approximate surface area is 124 Å². The summed E-state index contributed by atoms with van der Waals surface area (Å²) in [6.45, 7) is 5.39. The number of ether oxygens (including phenoxy) is 1. The minimum Gasteiger partial charge on any atom is -0.384 e. The standard InChI is InChI=1S/C15H22FN3O2/c16-13-2-1-3-14(12-13)17-5-4-15(20)18-6-7-19-8-10-21-11-9-19/h1-3,12,17H,4-11H2,(H,18,20). The predicted octanol–water partition coefficient (Wildman–Crippen LogP) is 1.08. The summed E-state index contributed by atoms with van der Waals surface area (Å²) in [7, 11) is 0. The highest BCUT2D eigenvalue weighted by atomic mass is 19.1. The number of morpholine rings is 1. The Morgan fingerprint density at radius 3 is 2.86 bits per heavy atom. The van der Waals surface area contributed by atoms with Crippen LogP contribution in [0.5, 0.6) is 0 Å². The second-order valence-corrected chi connectivity index (χ2v) is 4.99. The summed E-state index contributed by atoms with van der Waals surface area (Å²) in [6.07, 6.45) is 0.375. The highest BCUT2D eigenvalue weighted by Crippen LogP contribution is 2.08. The van der Waals surface area contributed by atoms with E-state index in [1.165, 1.54) is 12.1 Å². The molecule has 0 aromatic heterocycles. The lowest BCUT2D eigenvalue weighted by molar-refractivity contribution is -0.120.